The first-order valence-electron chi connectivity index (χ1n) is 10.4. The molecule has 1 aliphatic carbocycles. The van der Waals surface area contributed by atoms with Gasteiger partial charge in [0, 0.05) is 43.5 Å². The Hall–Kier alpha value is -2.05. The molecular weight excluding hydrogens is 344 g/mol. The summed E-state index contributed by atoms with van der Waals surface area (Å²) in [6, 6.07) is 0.127. The highest BCUT2D eigenvalue weighted by Gasteiger charge is 2.30. The average molecular weight is 374 g/mol. The SMILES string of the molecule is O=C(O)C1CCC(NC(=O)N2CCC(c3ncc4n3CCCC4)CC2)CC1. The summed E-state index contributed by atoms with van der Waals surface area (Å²) in [4.78, 5) is 30.2. The number of aromatic nitrogens is 2. The summed E-state index contributed by atoms with van der Waals surface area (Å²) in [5, 5.41) is 12.2. The number of piperidine rings is 1. The molecule has 3 aliphatic rings. The summed E-state index contributed by atoms with van der Waals surface area (Å²) in [5.41, 5.74) is 1.37. The van der Waals surface area contributed by atoms with Crippen molar-refractivity contribution in [3.8, 4) is 0 Å². The molecule has 148 valence electrons. The number of carboxylic acids is 1. The van der Waals surface area contributed by atoms with Gasteiger partial charge in [0.1, 0.15) is 5.82 Å². The van der Waals surface area contributed by atoms with Gasteiger partial charge in [0.2, 0.25) is 0 Å². The van der Waals surface area contributed by atoms with Crippen molar-refractivity contribution in [2.45, 2.75) is 76.3 Å². The van der Waals surface area contributed by atoms with Gasteiger partial charge in [-0.15, -0.1) is 0 Å². The molecule has 3 heterocycles. The molecule has 0 atom stereocenters. The number of carboxylic acid groups (broad SMARTS) is 1. The van der Waals surface area contributed by atoms with Crippen molar-refractivity contribution in [2.24, 2.45) is 5.92 Å². The van der Waals surface area contributed by atoms with E-state index < -0.39 is 5.97 Å². The van der Waals surface area contributed by atoms with E-state index in [2.05, 4.69) is 9.88 Å². The number of likely N-dealkylation sites (tertiary alicyclic amines) is 1. The maximum Gasteiger partial charge on any atom is 0.317 e. The molecule has 0 radical (unpaired) electrons. The fourth-order valence-electron chi connectivity index (χ4n) is 4.88. The van der Waals surface area contributed by atoms with E-state index in [0.29, 0.717) is 18.8 Å². The first-order chi connectivity index (χ1) is 13.1. The first kappa shape index (κ1) is 18.3. The van der Waals surface area contributed by atoms with Crippen molar-refractivity contribution in [1.82, 2.24) is 19.8 Å². The Labute approximate surface area is 160 Å². The van der Waals surface area contributed by atoms with Gasteiger partial charge in [-0.1, -0.05) is 0 Å². The van der Waals surface area contributed by atoms with E-state index in [0.717, 1.165) is 51.7 Å². The molecule has 27 heavy (non-hydrogen) atoms. The number of urea groups is 1. The minimum atomic E-state index is -0.706. The number of amides is 2. The zero-order valence-corrected chi connectivity index (χ0v) is 15.9. The molecule has 1 saturated carbocycles. The van der Waals surface area contributed by atoms with Gasteiger partial charge in [-0.2, -0.15) is 0 Å². The third kappa shape index (κ3) is 3.96. The lowest BCUT2D eigenvalue weighted by Crippen LogP contribution is -2.48. The molecule has 0 aromatic carbocycles. The monoisotopic (exact) mass is 374 g/mol. The first-order valence-corrected chi connectivity index (χ1v) is 10.4. The second kappa shape index (κ2) is 7.90. The van der Waals surface area contributed by atoms with Crippen molar-refractivity contribution in [3.63, 3.8) is 0 Å². The van der Waals surface area contributed by atoms with Crippen LogP contribution in [0.1, 0.15) is 68.8 Å². The summed E-state index contributed by atoms with van der Waals surface area (Å²) in [6.45, 7) is 2.62. The van der Waals surface area contributed by atoms with E-state index in [1.807, 2.05) is 11.1 Å². The summed E-state index contributed by atoms with van der Waals surface area (Å²) < 4.78 is 2.41. The number of hydrogen-bond acceptors (Lipinski definition) is 3. The number of carbonyl (C=O) groups excluding carboxylic acids is 1. The van der Waals surface area contributed by atoms with Crippen molar-refractivity contribution in [3.05, 3.63) is 17.7 Å². The van der Waals surface area contributed by atoms with Crippen molar-refractivity contribution in [2.75, 3.05) is 13.1 Å². The van der Waals surface area contributed by atoms with Crippen molar-refractivity contribution >= 4 is 12.0 Å². The number of rotatable bonds is 3. The molecule has 7 heteroatoms. The van der Waals surface area contributed by atoms with Crippen molar-refractivity contribution < 1.29 is 14.7 Å². The predicted molar refractivity (Wildman–Crippen MR) is 101 cm³/mol. The van der Waals surface area contributed by atoms with Crippen LogP contribution in [0.15, 0.2) is 6.20 Å². The number of nitrogens with zero attached hydrogens (tertiary/aromatic N) is 3. The molecule has 1 aromatic heterocycles. The molecule has 2 aliphatic heterocycles. The summed E-state index contributed by atoms with van der Waals surface area (Å²) in [5.74, 6) is 0.723. The quantitative estimate of drug-likeness (QED) is 0.852. The number of fused-ring (bicyclic) bond motifs is 1. The van der Waals surface area contributed by atoms with Crippen LogP contribution < -0.4 is 5.32 Å². The zero-order chi connectivity index (χ0) is 18.8. The normalized spacial score (nSPS) is 26.4. The molecule has 4 rings (SSSR count). The van der Waals surface area contributed by atoms with Gasteiger partial charge in [0.05, 0.1) is 5.92 Å². The molecule has 2 N–H and O–H groups in total. The number of hydrogen-bond donors (Lipinski definition) is 2. The smallest absolute Gasteiger partial charge is 0.317 e. The highest BCUT2D eigenvalue weighted by Crippen LogP contribution is 2.30. The number of aliphatic carboxylic acids is 1. The molecule has 7 nitrogen and oxygen atoms in total. The van der Waals surface area contributed by atoms with Gasteiger partial charge in [-0.25, -0.2) is 9.78 Å². The van der Waals surface area contributed by atoms with Crippen LogP contribution in [0.5, 0.6) is 0 Å². The largest absolute Gasteiger partial charge is 0.481 e. The lowest BCUT2D eigenvalue weighted by atomic mass is 9.86. The topological polar surface area (TPSA) is 87.5 Å². The number of nitrogens with one attached hydrogen (secondary N) is 1. The van der Waals surface area contributed by atoms with Crippen LogP contribution in [0, 0.1) is 5.92 Å². The Morgan fingerprint density at radius 2 is 1.78 bits per heavy atom. The van der Waals surface area contributed by atoms with E-state index in [1.54, 1.807) is 0 Å². The van der Waals surface area contributed by atoms with Crippen LogP contribution in [-0.4, -0.2) is 50.7 Å². The molecule has 2 fully saturated rings. The van der Waals surface area contributed by atoms with Gasteiger partial charge in [-0.3, -0.25) is 4.79 Å². The van der Waals surface area contributed by atoms with E-state index in [4.69, 9.17) is 10.1 Å². The van der Waals surface area contributed by atoms with E-state index >= 15 is 0 Å². The standard InChI is InChI=1S/C20H30N4O3/c25-19(26)15-4-6-16(7-5-15)22-20(27)23-11-8-14(9-12-23)18-21-13-17-3-1-2-10-24(17)18/h13-16H,1-12H2,(H,22,27)(H,25,26). The van der Waals surface area contributed by atoms with Gasteiger partial charge < -0.3 is 19.9 Å². The average Bonchev–Trinajstić information content (AvgIpc) is 3.12. The minimum absolute atomic E-state index is 0.0115. The highest BCUT2D eigenvalue weighted by molar-refractivity contribution is 5.75. The summed E-state index contributed by atoms with van der Waals surface area (Å²) in [7, 11) is 0. The summed E-state index contributed by atoms with van der Waals surface area (Å²) in [6.07, 6.45) is 10.5. The molecular formula is C20H30N4O3. The maximum absolute atomic E-state index is 12.6. The second-order valence-corrected chi connectivity index (χ2v) is 8.31. The zero-order valence-electron chi connectivity index (χ0n) is 15.9. The van der Waals surface area contributed by atoms with Gasteiger partial charge >= 0.3 is 12.0 Å². The molecule has 0 bridgehead atoms. The third-order valence-corrected chi connectivity index (χ3v) is 6.59. The van der Waals surface area contributed by atoms with Crippen LogP contribution in [0.4, 0.5) is 4.79 Å². The number of carbonyl (C=O) groups is 2. The molecule has 1 saturated heterocycles. The lowest BCUT2D eigenvalue weighted by molar-refractivity contribution is -0.142. The third-order valence-electron chi connectivity index (χ3n) is 6.59. The maximum atomic E-state index is 12.6. The Bertz CT molecular complexity index is 685. The fraction of sp³-hybridized carbons (Fsp3) is 0.750. The van der Waals surface area contributed by atoms with Crippen LogP contribution in [-0.2, 0) is 17.8 Å². The minimum Gasteiger partial charge on any atom is -0.481 e. The van der Waals surface area contributed by atoms with E-state index in [1.165, 1.54) is 24.4 Å². The molecule has 2 amide bonds. The summed E-state index contributed by atoms with van der Waals surface area (Å²) >= 11 is 0. The van der Waals surface area contributed by atoms with Gasteiger partial charge in [-0.05, 0) is 57.8 Å². The van der Waals surface area contributed by atoms with Gasteiger partial charge in [0.25, 0.3) is 0 Å². The fourth-order valence-corrected chi connectivity index (χ4v) is 4.88. The molecule has 0 spiro atoms. The molecule has 0 unspecified atom stereocenters. The van der Waals surface area contributed by atoms with Crippen LogP contribution in [0.2, 0.25) is 0 Å². The van der Waals surface area contributed by atoms with Crippen LogP contribution >= 0.6 is 0 Å². The van der Waals surface area contributed by atoms with Gasteiger partial charge in [0.15, 0.2) is 0 Å². The lowest BCUT2D eigenvalue weighted by Gasteiger charge is -2.34. The van der Waals surface area contributed by atoms with E-state index in [-0.39, 0.29) is 18.0 Å². The van der Waals surface area contributed by atoms with E-state index in [9.17, 15) is 9.59 Å². The van der Waals surface area contributed by atoms with Crippen LogP contribution in [0.25, 0.3) is 0 Å². The Morgan fingerprint density at radius 3 is 2.48 bits per heavy atom. The highest BCUT2D eigenvalue weighted by atomic mass is 16.4. The van der Waals surface area contributed by atoms with Crippen LogP contribution in [0.3, 0.4) is 0 Å². The Morgan fingerprint density at radius 1 is 1.04 bits per heavy atom. The molecule has 1 aromatic rings. The number of imidazole rings is 1. The Kier molecular flexibility index (Phi) is 5.36. The number of aryl methyl sites for hydroxylation is 1. The second-order valence-electron chi connectivity index (χ2n) is 8.31. The predicted octanol–water partition coefficient (Wildman–Crippen LogP) is 2.75. The Balaban J connectivity index is 1.26. The van der Waals surface area contributed by atoms with Crippen molar-refractivity contribution in [1.29, 1.82) is 0 Å².